The molecule has 2 fully saturated rings. The molecule has 0 aromatic rings. The fourth-order valence-corrected chi connectivity index (χ4v) is 2.75. The first-order valence-electron chi connectivity index (χ1n) is 6.90. The molecule has 1 aliphatic carbocycles. The summed E-state index contributed by atoms with van der Waals surface area (Å²) in [5.41, 5.74) is -0.627. The van der Waals surface area contributed by atoms with E-state index in [9.17, 15) is 14.4 Å². The summed E-state index contributed by atoms with van der Waals surface area (Å²) < 4.78 is 0. The van der Waals surface area contributed by atoms with Crippen LogP contribution in [0.4, 0.5) is 4.79 Å². The van der Waals surface area contributed by atoms with Gasteiger partial charge in [0.2, 0.25) is 0 Å². The van der Waals surface area contributed by atoms with Gasteiger partial charge in [-0.15, -0.1) is 0 Å². The van der Waals surface area contributed by atoms with Crippen LogP contribution >= 0.6 is 0 Å². The van der Waals surface area contributed by atoms with Crippen LogP contribution < -0.4 is 5.32 Å². The monoisotopic (exact) mass is 280 g/mol. The summed E-state index contributed by atoms with van der Waals surface area (Å²) in [6, 6.07) is -0.418. The van der Waals surface area contributed by atoms with Crippen molar-refractivity contribution >= 4 is 17.9 Å². The van der Waals surface area contributed by atoms with Crippen molar-refractivity contribution in [2.24, 2.45) is 5.92 Å². The Hall–Kier alpha value is -1.85. The van der Waals surface area contributed by atoms with Gasteiger partial charge in [0.25, 0.3) is 5.91 Å². The second-order valence-electron chi connectivity index (χ2n) is 5.80. The maximum atomic E-state index is 12.4. The lowest BCUT2D eigenvalue weighted by Crippen LogP contribution is -2.49. The molecule has 0 aromatic heterocycles. The van der Waals surface area contributed by atoms with Crippen LogP contribution in [-0.2, 0) is 9.59 Å². The topological polar surface area (TPSA) is 86.7 Å². The standard InChI is InChI=1S/C14H20N2O4/c1-9-3-6-14(7-4-9)12(19)16(13(20)15-14)8-5-10(2)11(17)18/h5,9H,3-4,6-8H2,1-2H3,(H,15,20)(H,17,18). The molecule has 1 saturated heterocycles. The Morgan fingerprint density at radius 2 is 2.05 bits per heavy atom. The second kappa shape index (κ2) is 5.26. The van der Waals surface area contributed by atoms with Crippen LogP contribution in [0.1, 0.15) is 39.5 Å². The van der Waals surface area contributed by atoms with E-state index in [1.807, 2.05) is 0 Å². The first-order chi connectivity index (χ1) is 9.35. The van der Waals surface area contributed by atoms with Crippen molar-refractivity contribution in [2.45, 2.75) is 45.1 Å². The molecular formula is C14H20N2O4. The zero-order valence-electron chi connectivity index (χ0n) is 11.8. The number of carboxylic acids is 1. The molecular weight excluding hydrogens is 260 g/mol. The van der Waals surface area contributed by atoms with Crippen LogP contribution in [0, 0.1) is 5.92 Å². The van der Waals surface area contributed by atoms with Gasteiger partial charge in [-0.1, -0.05) is 13.0 Å². The lowest BCUT2D eigenvalue weighted by Gasteiger charge is -2.33. The summed E-state index contributed by atoms with van der Waals surface area (Å²) in [5, 5.41) is 11.6. The van der Waals surface area contributed by atoms with Gasteiger partial charge in [-0.3, -0.25) is 9.69 Å². The van der Waals surface area contributed by atoms with Gasteiger partial charge in [-0.2, -0.15) is 0 Å². The average Bonchev–Trinajstić information content (AvgIpc) is 2.62. The Labute approximate surface area is 117 Å². The number of hydrogen-bond donors (Lipinski definition) is 2. The Morgan fingerprint density at radius 3 is 2.60 bits per heavy atom. The normalized spacial score (nSPS) is 30.8. The number of carbonyl (C=O) groups excluding carboxylic acids is 2. The van der Waals surface area contributed by atoms with E-state index >= 15 is 0 Å². The molecule has 20 heavy (non-hydrogen) atoms. The molecule has 2 N–H and O–H groups in total. The van der Waals surface area contributed by atoms with Crippen molar-refractivity contribution in [1.29, 1.82) is 0 Å². The Bertz CT molecular complexity index is 476. The van der Waals surface area contributed by atoms with Crippen molar-refractivity contribution in [3.8, 4) is 0 Å². The maximum absolute atomic E-state index is 12.4. The third-order valence-electron chi connectivity index (χ3n) is 4.29. The lowest BCUT2D eigenvalue weighted by atomic mass is 9.77. The number of aliphatic carboxylic acids is 1. The second-order valence-corrected chi connectivity index (χ2v) is 5.80. The number of imide groups is 1. The summed E-state index contributed by atoms with van der Waals surface area (Å²) in [4.78, 5) is 36.2. The SMILES string of the molecule is CC(=CCN1C(=O)NC2(CCC(C)CC2)C1=O)C(=O)O. The molecule has 0 radical (unpaired) electrons. The predicted molar refractivity (Wildman–Crippen MR) is 72.0 cm³/mol. The van der Waals surface area contributed by atoms with E-state index in [2.05, 4.69) is 12.2 Å². The Balaban J connectivity index is 2.10. The van der Waals surface area contributed by atoms with E-state index in [1.54, 1.807) is 0 Å². The predicted octanol–water partition coefficient (Wildman–Crippen LogP) is 1.52. The van der Waals surface area contributed by atoms with Gasteiger partial charge >= 0.3 is 12.0 Å². The lowest BCUT2D eigenvalue weighted by molar-refractivity contribution is -0.133. The van der Waals surface area contributed by atoms with Gasteiger partial charge < -0.3 is 10.4 Å². The number of hydrogen-bond acceptors (Lipinski definition) is 3. The van der Waals surface area contributed by atoms with Gasteiger partial charge in [0.15, 0.2) is 0 Å². The highest BCUT2D eigenvalue weighted by molar-refractivity contribution is 6.07. The smallest absolute Gasteiger partial charge is 0.331 e. The number of carboxylic acid groups (broad SMARTS) is 1. The highest BCUT2D eigenvalue weighted by Gasteiger charge is 2.51. The van der Waals surface area contributed by atoms with Gasteiger partial charge in [0, 0.05) is 12.1 Å². The van der Waals surface area contributed by atoms with Crippen molar-refractivity contribution in [2.75, 3.05) is 6.54 Å². The van der Waals surface area contributed by atoms with Crippen LogP contribution in [0.15, 0.2) is 11.6 Å². The van der Waals surface area contributed by atoms with E-state index in [1.165, 1.54) is 13.0 Å². The molecule has 0 aromatic carbocycles. The minimum absolute atomic E-state index is 0.0140. The molecule has 0 atom stereocenters. The molecule has 3 amide bonds. The van der Waals surface area contributed by atoms with Crippen molar-refractivity contribution < 1.29 is 19.5 Å². The number of nitrogens with zero attached hydrogens (tertiary/aromatic N) is 1. The number of amides is 3. The molecule has 0 bridgehead atoms. The number of urea groups is 1. The molecule has 1 spiro atoms. The minimum atomic E-state index is -1.04. The first kappa shape index (κ1) is 14.6. The summed E-state index contributed by atoms with van der Waals surface area (Å²) in [5.74, 6) is -0.685. The highest BCUT2D eigenvalue weighted by Crippen LogP contribution is 2.36. The summed E-state index contributed by atoms with van der Waals surface area (Å²) in [7, 11) is 0. The molecule has 110 valence electrons. The van der Waals surface area contributed by atoms with Gasteiger partial charge in [-0.25, -0.2) is 9.59 Å². The third-order valence-corrected chi connectivity index (χ3v) is 4.29. The molecule has 6 nitrogen and oxygen atoms in total. The first-order valence-corrected chi connectivity index (χ1v) is 6.90. The van der Waals surface area contributed by atoms with Crippen LogP contribution in [0.2, 0.25) is 0 Å². The van der Waals surface area contributed by atoms with Crippen molar-refractivity contribution in [1.82, 2.24) is 10.2 Å². The van der Waals surface area contributed by atoms with E-state index < -0.39 is 17.5 Å². The van der Waals surface area contributed by atoms with Gasteiger partial charge in [0.1, 0.15) is 5.54 Å². The zero-order chi connectivity index (χ0) is 14.9. The molecule has 1 heterocycles. The van der Waals surface area contributed by atoms with Gasteiger partial charge in [0.05, 0.1) is 0 Å². The highest BCUT2D eigenvalue weighted by atomic mass is 16.4. The van der Waals surface area contributed by atoms with Crippen molar-refractivity contribution in [3.05, 3.63) is 11.6 Å². The van der Waals surface area contributed by atoms with E-state index in [0.29, 0.717) is 18.8 Å². The van der Waals surface area contributed by atoms with Crippen LogP contribution in [-0.4, -0.2) is 40.0 Å². The Kier molecular flexibility index (Phi) is 3.83. The molecule has 0 unspecified atom stereocenters. The third kappa shape index (κ3) is 2.55. The van der Waals surface area contributed by atoms with Crippen LogP contribution in [0.25, 0.3) is 0 Å². The summed E-state index contributed by atoms with van der Waals surface area (Å²) >= 11 is 0. The number of carbonyl (C=O) groups is 3. The quantitative estimate of drug-likeness (QED) is 0.606. The fourth-order valence-electron chi connectivity index (χ4n) is 2.75. The van der Waals surface area contributed by atoms with Crippen LogP contribution in [0.3, 0.4) is 0 Å². The molecule has 1 aliphatic heterocycles. The van der Waals surface area contributed by atoms with Crippen LogP contribution in [0.5, 0.6) is 0 Å². The average molecular weight is 280 g/mol. The Morgan fingerprint density at radius 1 is 1.45 bits per heavy atom. The van der Waals surface area contributed by atoms with E-state index in [-0.39, 0.29) is 18.0 Å². The molecule has 2 rings (SSSR count). The van der Waals surface area contributed by atoms with Crippen molar-refractivity contribution in [3.63, 3.8) is 0 Å². The largest absolute Gasteiger partial charge is 0.478 e. The van der Waals surface area contributed by atoms with E-state index in [4.69, 9.17) is 5.11 Å². The van der Waals surface area contributed by atoms with E-state index in [0.717, 1.165) is 17.7 Å². The number of nitrogens with one attached hydrogen (secondary N) is 1. The molecule has 6 heteroatoms. The zero-order valence-corrected chi connectivity index (χ0v) is 11.8. The summed E-state index contributed by atoms with van der Waals surface area (Å²) in [6.45, 7) is 3.60. The minimum Gasteiger partial charge on any atom is -0.478 e. The fraction of sp³-hybridized carbons (Fsp3) is 0.643. The summed E-state index contributed by atoms with van der Waals surface area (Å²) in [6.07, 6.45) is 4.56. The van der Waals surface area contributed by atoms with Gasteiger partial charge in [-0.05, 0) is 38.5 Å². The molecule has 1 saturated carbocycles. The maximum Gasteiger partial charge on any atom is 0.331 e. The molecule has 2 aliphatic rings. The number of rotatable bonds is 3.